The Bertz CT molecular complexity index is 432. The molecule has 33 heavy (non-hydrogen) atoms. The van der Waals surface area contributed by atoms with E-state index in [2.05, 4.69) is 6.92 Å². The van der Waals surface area contributed by atoms with Crippen LogP contribution in [0.2, 0.25) is 0 Å². The first kappa shape index (κ1) is 31.7. The Balaban J connectivity index is 3.14. The molecule has 0 amide bonds. The van der Waals surface area contributed by atoms with Gasteiger partial charge in [0.1, 0.15) is 6.61 Å². The van der Waals surface area contributed by atoms with Gasteiger partial charge in [-0.3, -0.25) is 9.59 Å². The molecule has 0 aliphatic heterocycles. The summed E-state index contributed by atoms with van der Waals surface area (Å²) in [5, 5.41) is 0. The topological polar surface area (TPSA) is 98.8 Å². The molecular formula is C24H46O9. The fourth-order valence-corrected chi connectivity index (χ4v) is 2.71. The second-order valence-corrected chi connectivity index (χ2v) is 7.36. The maximum absolute atomic E-state index is 11.6. The highest BCUT2D eigenvalue weighted by molar-refractivity contribution is 5.69. The third kappa shape index (κ3) is 26.9. The molecule has 9 heteroatoms. The van der Waals surface area contributed by atoms with Gasteiger partial charge in [-0.05, 0) is 13.3 Å². The van der Waals surface area contributed by atoms with E-state index in [4.69, 9.17) is 33.2 Å². The number of carbonyl (C=O) groups excluding carboxylic acids is 2. The Kier molecular flexibility index (Phi) is 26.0. The van der Waals surface area contributed by atoms with Gasteiger partial charge in [0.05, 0.1) is 79.1 Å². The fraction of sp³-hybridized carbons (Fsp3) is 0.917. The van der Waals surface area contributed by atoms with Crippen molar-refractivity contribution in [1.82, 2.24) is 0 Å². The van der Waals surface area contributed by atoms with Gasteiger partial charge >= 0.3 is 11.9 Å². The van der Waals surface area contributed by atoms with Crippen molar-refractivity contribution in [3.63, 3.8) is 0 Å². The predicted octanol–water partition coefficient (Wildman–Crippen LogP) is 3.32. The molecular weight excluding hydrogens is 432 g/mol. The summed E-state index contributed by atoms with van der Waals surface area (Å²) in [6.45, 7) is 9.08. The summed E-state index contributed by atoms with van der Waals surface area (Å²) < 4.78 is 36.8. The van der Waals surface area contributed by atoms with Gasteiger partial charge in [-0.2, -0.15) is 0 Å². The minimum atomic E-state index is -0.250. The van der Waals surface area contributed by atoms with E-state index in [0.29, 0.717) is 79.1 Å². The molecule has 0 saturated carbocycles. The van der Waals surface area contributed by atoms with Crippen LogP contribution in [0.4, 0.5) is 0 Å². The van der Waals surface area contributed by atoms with Crippen LogP contribution >= 0.6 is 0 Å². The lowest BCUT2D eigenvalue weighted by atomic mass is 10.1. The number of hydrogen-bond acceptors (Lipinski definition) is 9. The van der Waals surface area contributed by atoms with Crippen molar-refractivity contribution in [2.45, 2.75) is 65.2 Å². The first-order valence-electron chi connectivity index (χ1n) is 12.4. The minimum Gasteiger partial charge on any atom is -0.466 e. The monoisotopic (exact) mass is 478 g/mol. The van der Waals surface area contributed by atoms with Gasteiger partial charge in [-0.25, -0.2) is 0 Å². The summed E-state index contributed by atoms with van der Waals surface area (Å²) in [5.74, 6) is -0.395. The number of ether oxygens (including phenoxy) is 7. The normalized spacial score (nSPS) is 11.0. The Morgan fingerprint density at radius 3 is 1.39 bits per heavy atom. The van der Waals surface area contributed by atoms with Gasteiger partial charge in [-0.1, -0.05) is 39.0 Å². The van der Waals surface area contributed by atoms with Crippen molar-refractivity contribution in [3.8, 4) is 0 Å². The zero-order chi connectivity index (χ0) is 24.2. The van der Waals surface area contributed by atoms with Crippen LogP contribution in [0.3, 0.4) is 0 Å². The average Bonchev–Trinajstić information content (AvgIpc) is 2.80. The standard InChI is InChI=1S/C24H46O9/c1-3-5-6-7-8-9-10-23(25)33-22-21-31-20-19-30-18-17-29-16-15-28-14-13-27-12-11-24(26)32-4-2/h3-22H2,1-2H3. The Labute approximate surface area is 199 Å². The summed E-state index contributed by atoms with van der Waals surface area (Å²) in [4.78, 5) is 22.7. The SMILES string of the molecule is CCCCCCCCC(=O)OCCOCCOCCOCCOCCOCCC(=O)OCC. The van der Waals surface area contributed by atoms with Gasteiger partial charge in [0.15, 0.2) is 0 Å². The maximum Gasteiger partial charge on any atom is 0.308 e. The number of esters is 2. The molecule has 0 radical (unpaired) electrons. The molecule has 0 aromatic rings. The summed E-state index contributed by atoms with van der Waals surface area (Å²) in [6.07, 6.45) is 7.69. The van der Waals surface area contributed by atoms with Crippen molar-refractivity contribution in [2.24, 2.45) is 0 Å². The number of unbranched alkanes of at least 4 members (excludes halogenated alkanes) is 5. The highest BCUT2D eigenvalue weighted by Crippen LogP contribution is 2.07. The van der Waals surface area contributed by atoms with Gasteiger partial charge < -0.3 is 33.2 Å². The molecule has 0 saturated heterocycles. The molecule has 0 aliphatic carbocycles. The van der Waals surface area contributed by atoms with E-state index >= 15 is 0 Å². The molecule has 196 valence electrons. The van der Waals surface area contributed by atoms with E-state index in [9.17, 15) is 9.59 Å². The Hall–Kier alpha value is -1.26. The largest absolute Gasteiger partial charge is 0.466 e. The van der Waals surface area contributed by atoms with Crippen molar-refractivity contribution in [2.75, 3.05) is 79.3 Å². The number of hydrogen-bond donors (Lipinski definition) is 0. The summed E-state index contributed by atoms with van der Waals surface area (Å²) in [7, 11) is 0. The van der Waals surface area contributed by atoms with Gasteiger partial charge in [0, 0.05) is 6.42 Å². The zero-order valence-electron chi connectivity index (χ0n) is 20.8. The van der Waals surface area contributed by atoms with Crippen LogP contribution in [-0.4, -0.2) is 91.2 Å². The van der Waals surface area contributed by atoms with E-state index in [-0.39, 0.29) is 25.0 Å². The van der Waals surface area contributed by atoms with E-state index in [1.54, 1.807) is 6.92 Å². The molecule has 0 aromatic heterocycles. The summed E-state index contributed by atoms with van der Waals surface area (Å²) in [6, 6.07) is 0. The van der Waals surface area contributed by atoms with Crippen LogP contribution in [0.5, 0.6) is 0 Å². The maximum atomic E-state index is 11.6. The third-order valence-electron chi connectivity index (χ3n) is 4.47. The highest BCUT2D eigenvalue weighted by atomic mass is 16.6. The highest BCUT2D eigenvalue weighted by Gasteiger charge is 2.03. The predicted molar refractivity (Wildman–Crippen MR) is 124 cm³/mol. The molecule has 0 rings (SSSR count). The van der Waals surface area contributed by atoms with E-state index in [0.717, 1.165) is 12.8 Å². The Morgan fingerprint density at radius 2 is 0.879 bits per heavy atom. The van der Waals surface area contributed by atoms with Crippen molar-refractivity contribution >= 4 is 11.9 Å². The van der Waals surface area contributed by atoms with Crippen LogP contribution in [0.1, 0.15) is 65.2 Å². The lowest BCUT2D eigenvalue weighted by Crippen LogP contribution is -2.15. The molecule has 9 nitrogen and oxygen atoms in total. The molecule has 0 bridgehead atoms. The van der Waals surface area contributed by atoms with Crippen LogP contribution in [0.15, 0.2) is 0 Å². The first-order valence-corrected chi connectivity index (χ1v) is 12.4. The number of carbonyl (C=O) groups is 2. The van der Waals surface area contributed by atoms with Crippen LogP contribution < -0.4 is 0 Å². The molecule has 0 atom stereocenters. The van der Waals surface area contributed by atoms with Gasteiger partial charge in [-0.15, -0.1) is 0 Å². The molecule has 0 aliphatic rings. The van der Waals surface area contributed by atoms with Crippen LogP contribution in [0, 0.1) is 0 Å². The number of rotatable bonds is 26. The molecule has 0 N–H and O–H groups in total. The Morgan fingerprint density at radius 1 is 0.455 bits per heavy atom. The third-order valence-corrected chi connectivity index (χ3v) is 4.47. The van der Waals surface area contributed by atoms with Gasteiger partial charge in [0.2, 0.25) is 0 Å². The van der Waals surface area contributed by atoms with E-state index < -0.39 is 0 Å². The minimum absolute atomic E-state index is 0.145. The van der Waals surface area contributed by atoms with Crippen LogP contribution in [-0.2, 0) is 42.7 Å². The van der Waals surface area contributed by atoms with Crippen molar-refractivity contribution in [1.29, 1.82) is 0 Å². The van der Waals surface area contributed by atoms with E-state index in [1.165, 1.54) is 25.7 Å². The first-order chi connectivity index (χ1) is 16.2. The van der Waals surface area contributed by atoms with Gasteiger partial charge in [0.25, 0.3) is 0 Å². The van der Waals surface area contributed by atoms with Crippen molar-refractivity contribution in [3.05, 3.63) is 0 Å². The summed E-state index contributed by atoms with van der Waals surface area (Å²) >= 11 is 0. The smallest absolute Gasteiger partial charge is 0.308 e. The molecule has 0 heterocycles. The lowest BCUT2D eigenvalue weighted by molar-refractivity contribution is -0.146. The molecule has 0 fully saturated rings. The molecule has 0 unspecified atom stereocenters. The molecule has 0 spiro atoms. The second-order valence-electron chi connectivity index (χ2n) is 7.36. The van der Waals surface area contributed by atoms with Crippen molar-refractivity contribution < 1.29 is 42.7 Å². The lowest BCUT2D eigenvalue weighted by Gasteiger charge is -2.08. The second kappa shape index (κ2) is 27.0. The average molecular weight is 479 g/mol. The fourth-order valence-electron chi connectivity index (χ4n) is 2.71. The van der Waals surface area contributed by atoms with Crippen LogP contribution in [0.25, 0.3) is 0 Å². The quantitative estimate of drug-likeness (QED) is 0.137. The summed E-state index contributed by atoms with van der Waals surface area (Å²) in [5.41, 5.74) is 0. The zero-order valence-corrected chi connectivity index (χ0v) is 20.8. The van der Waals surface area contributed by atoms with E-state index in [1.807, 2.05) is 0 Å². The molecule has 0 aromatic carbocycles.